The minimum Gasteiger partial charge on any atom is -0.494 e. The number of thioether (sulfide) groups is 1. The number of aromatic nitrogens is 1. The molecule has 2 aromatic rings. The summed E-state index contributed by atoms with van der Waals surface area (Å²) >= 11 is 1.57. The topological polar surface area (TPSA) is 75.6 Å². The molecule has 1 amide bonds. The van der Waals surface area contributed by atoms with Crippen molar-refractivity contribution in [2.24, 2.45) is 4.99 Å². The summed E-state index contributed by atoms with van der Waals surface area (Å²) in [5.41, 5.74) is 2.04. The molecule has 27 heavy (non-hydrogen) atoms. The van der Waals surface area contributed by atoms with Gasteiger partial charge >= 0.3 is 0 Å². The van der Waals surface area contributed by atoms with Crippen LogP contribution in [0, 0.1) is 0 Å². The molecule has 0 fully saturated rings. The molecule has 0 spiro atoms. The Bertz CT molecular complexity index is 783. The molecule has 1 aromatic carbocycles. The summed E-state index contributed by atoms with van der Waals surface area (Å²) in [6.07, 6.45) is 4.77. The van der Waals surface area contributed by atoms with Crippen molar-refractivity contribution in [1.29, 1.82) is 0 Å². The Morgan fingerprint density at radius 2 is 2.15 bits per heavy atom. The number of aliphatic imine (C=N–C) groups is 1. The SMILES string of the molecule is CNCCCOc1cccc(CC(=O)NC2=NC(c3ccncc3)CS2)c1. The minimum absolute atomic E-state index is 0.0658. The molecular formula is C20H24N4O2S. The number of carbonyl (C=O) groups is 1. The molecule has 1 aliphatic rings. The van der Waals surface area contributed by atoms with Gasteiger partial charge in [-0.3, -0.25) is 14.8 Å². The van der Waals surface area contributed by atoms with Gasteiger partial charge in [0.15, 0.2) is 5.17 Å². The molecule has 3 rings (SSSR count). The smallest absolute Gasteiger partial charge is 0.230 e. The van der Waals surface area contributed by atoms with Crippen molar-refractivity contribution in [3.63, 3.8) is 0 Å². The van der Waals surface area contributed by atoms with Crippen LogP contribution in [0.25, 0.3) is 0 Å². The minimum atomic E-state index is -0.0658. The molecule has 0 aliphatic carbocycles. The van der Waals surface area contributed by atoms with Gasteiger partial charge in [0.1, 0.15) is 5.75 Å². The van der Waals surface area contributed by atoms with Crippen molar-refractivity contribution in [3.05, 3.63) is 59.9 Å². The molecule has 1 unspecified atom stereocenters. The number of benzene rings is 1. The third kappa shape index (κ3) is 6.08. The number of nitrogens with one attached hydrogen (secondary N) is 2. The van der Waals surface area contributed by atoms with Crippen molar-refractivity contribution in [2.75, 3.05) is 26.0 Å². The van der Waals surface area contributed by atoms with E-state index in [0.29, 0.717) is 18.2 Å². The molecule has 1 aromatic heterocycles. The summed E-state index contributed by atoms with van der Waals surface area (Å²) in [5.74, 6) is 1.56. The number of carbonyl (C=O) groups excluding carboxylic acids is 1. The van der Waals surface area contributed by atoms with Crippen LogP contribution in [0.2, 0.25) is 0 Å². The van der Waals surface area contributed by atoms with Crippen LogP contribution in [0.15, 0.2) is 53.8 Å². The number of hydrogen-bond acceptors (Lipinski definition) is 6. The van der Waals surface area contributed by atoms with Gasteiger partial charge in [-0.1, -0.05) is 23.9 Å². The van der Waals surface area contributed by atoms with Gasteiger partial charge in [0.2, 0.25) is 5.91 Å². The standard InChI is InChI=1S/C20H24N4O2S/c1-21-8-3-11-26-17-5-2-4-15(12-17)13-19(25)24-20-23-18(14-27-20)16-6-9-22-10-7-16/h2,4-7,9-10,12,18,21H,3,8,11,13-14H2,1H3,(H,23,24,25). The van der Waals surface area contributed by atoms with Crippen LogP contribution < -0.4 is 15.4 Å². The van der Waals surface area contributed by atoms with Crippen molar-refractivity contribution >= 4 is 22.8 Å². The average Bonchev–Trinajstić information content (AvgIpc) is 3.14. The Morgan fingerprint density at radius 3 is 2.96 bits per heavy atom. The first kappa shape index (κ1) is 19.4. The highest BCUT2D eigenvalue weighted by Crippen LogP contribution is 2.29. The quantitative estimate of drug-likeness (QED) is 0.684. The third-order valence-corrected chi connectivity index (χ3v) is 5.05. The van der Waals surface area contributed by atoms with Gasteiger partial charge in [0, 0.05) is 18.1 Å². The number of ether oxygens (including phenoxy) is 1. The van der Waals surface area contributed by atoms with E-state index >= 15 is 0 Å². The highest BCUT2D eigenvalue weighted by Gasteiger charge is 2.21. The highest BCUT2D eigenvalue weighted by molar-refractivity contribution is 8.14. The van der Waals surface area contributed by atoms with Crippen LogP contribution in [-0.4, -0.2) is 42.0 Å². The zero-order valence-electron chi connectivity index (χ0n) is 15.4. The third-order valence-electron chi connectivity index (χ3n) is 4.09. The maximum atomic E-state index is 12.4. The number of amidine groups is 1. The van der Waals surface area contributed by atoms with E-state index in [-0.39, 0.29) is 11.9 Å². The maximum Gasteiger partial charge on any atom is 0.230 e. The second kappa shape index (κ2) is 10.1. The van der Waals surface area contributed by atoms with E-state index in [0.717, 1.165) is 35.6 Å². The first-order chi connectivity index (χ1) is 13.2. The molecule has 2 heterocycles. The Kier molecular flexibility index (Phi) is 7.24. The van der Waals surface area contributed by atoms with Gasteiger partial charge in [-0.05, 0) is 55.4 Å². The summed E-state index contributed by atoms with van der Waals surface area (Å²) in [7, 11) is 1.92. The fourth-order valence-electron chi connectivity index (χ4n) is 2.73. The Morgan fingerprint density at radius 1 is 1.30 bits per heavy atom. The number of rotatable bonds is 8. The summed E-state index contributed by atoms with van der Waals surface area (Å²) in [5, 5.41) is 6.69. The Balaban J connectivity index is 1.51. The van der Waals surface area contributed by atoms with E-state index in [4.69, 9.17) is 4.74 Å². The summed E-state index contributed by atoms with van der Waals surface area (Å²) < 4.78 is 5.72. The van der Waals surface area contributed by atoms with Crippen molar-refractivity contribution in [2.45, 2.75) is 18.9 Å². The van der Waals surface area contributed by atoms with E-state index in [9.17, 15) is 4.79 Å². The van der Waals surface area contributed by atoms with Crippen LogP contribution in [-0.2, 0) is 11.2 Å². The first-order valence-corrected chi connectivity index (χ1v) is 10.00. The zero-order valence-corrected chi connectivity index (χ0v) is 16.2. The Hall–Kier alpha value is -2.38. The summed E-state index contributed by atoms with van der Waals surface area (Å²) in [4.78, 5) is 21.0. The molecule has 7 heteroatoms. The summed E-state index contributed by atoms with van der Waals surface area (Å²) in [6.45, 7) is 1.57. The van der Waals surface area contributed by atoms with Gasteiger partial charge in [-0.25, -0.2) is 0 Å². The zero-order chi connectivity index (χ0) is 18.9. The lowest BCUT2D eigenvalue weighted by Gasteiger charge is -2.08. The maximum absolute atomic E-state index is 12.4. The van der Waals surface area contributed by atoms with Crippen LogP contribution in [0.4, 0.5) is 0 Å². The predicted molar refractivity (Wildman–Crippen MR) is 109 cm³/mol. The average molecular weight is 385 g/mol. The second-order valence-corrected chi connectivity index (χ2v) is 7.23. The molecule has 6 nitrogen and oxygen atoms in total. The lowest BCUT2D eigenvalue weighted by Crippen LogP contribution is -2.28. The fourth-order valence-corrected chi connectivity index (χ4v) is 3.70. The van der Waals surface area contributed by atoms with Crippen LogP contribution >= 0.6 is 11.8 Å². The number of hydrogen-bond donors (Lipinski definition) is 2. The van der Waals surface area contributed by atoms with E-state index in [1.165, 1.54) is 0 Å². The molecule has 2 N–H and O–H groups in total. The normalized spacial score (nSPS) is 16.0. The molecule has 1 atom stereocenters. The van der Waals surface area contributed by atoms with Gasteiger partial charge < -0.3 is 15.4 Å². The van der Waals surface area contributed by atoms with Crippen molar-refractivity contribution in [3.8, 4) is 5.75 Å². The van der Waals surface area contributed by atoms with Gasteiger partial charge in [0.25, 0.3) is 0 Å². The van der Waals surface area contributed by atoms with Gasteiger partial charge in [-0.2, -0.15) is 0 Å². The molecule has 0 radical (unpaired) electrons. The monoisotopic (exact) mass is 384 g/mol. The molecule has 0 saturated carbocycles. The van der Waals surface area contributed by atoms with Crippen LogP contribution in [0.5, 0.6) is 5.75 Å². The van der Waals surface area contributed by atoms with Crippen LogP contribution in [0.3, 0.4) is 0 Å². The molecule has 0 bridgehead atoms. The number of nitrogens with zero attached hydrogens (tertiary/aromatic N) is 2. The van der Waals surface area contributed by atoms with Gasteiger partial charge in [0.05, 0.1) is 19.1 Å². The second-order valence-electron chi connectivity index (χ2n) is 6.22. The largest absolute Gasteiger partial charge is 0.494 e. The van der Waals surface area contributed by atoms with Gasteiger partial charge in [-0.15, -0.1) is 0 Å². The van der Waals surface area contributed by atoms with Crippen molar-refractivity contribution in [1.82, 2.24) is 15.6 Å². The first-order valence-electron chi connectivity index (χ1n) is 9.01. The lowest BCUT2D eigenvalue weighted by molar-refractivity contribution is -0.119. The number of pyridine rings is 1. The number of amides is 1. The predicted octanol–water partition coefficient (Wildman–Crippen LogP) is 2.57. The molecular weight excluding hydrogens is 360 g/mol. The highest BCUT2D eigenvalue weighted by atomic mass is 32.2. The van der Waals surface area contributed by atoms with E-state index < -0.39 is 0 Å². The van der Waals surface area contributed by atoms with E-state index in [2.05, 4.69) is 20.6 Å². The molecule has 142 valence electrons. The van der Waals surface area contributed by atoms with E-state index in [1.807, 2.05) is 43.4 Å². The lowest BCUT2D eigenvalue weighted by atomic mass is 10.1. The molecule has 0 saturated heterocycles. The van der Waals surface area contributed by atoms with E-state index in [1.54, 1.807) is 24.2 Å². The fraction of sp³-hybridized carbons (Fsp3) is 0.350. The van der Waals surface area contributed by atoms with Crippen LogP contribution in [0.1, 0.15) is 23.6 Å². The summed E-state index contributed by atoms with van der Waals surface area (Å²) in [6, 6.07) is 11.7. The Labute approximate surface area is 163 Å². The molecule has 1 aliphatic heterocycles. The van der Waals surface area contributed by atoms with Crippen molar-refractivity contribution < 1.29 is 9.53 Å².